The molecule has 132 valence electrons. The largest absolute Gasteiger partial charge is 0.368 e. The van der Waals surface area contributed by atoms with Crippen LogP contribution in [0.25, 0.3) is 16.6 Å². The quantitative estimate of drug-likeness (QED) is 0.497. The molecule has 0 atom stereocenters. The van der Waals surface area contributed by atoms with E-state index in [0.29, 0.717) is 29.0 Å². The minimum Gasteiger partial charge on any atom is -0.368 e. The van der Waals surface area contributed by atoms with Gasteiger partial charge in [-0.2, -0.15) is 5.10 Å². The summed E-state index contributed by atoms with van der Waals surface area (Å²) in [4.78, 5) is 8.89. The van der Waals surface area contributed by atoms with Gasteiger partial charge in [0.1, 0.15) is 11.6 Å². The fourth-order valence-corrected chi connectivity index (χ4v) is 3.26. The Morgan fingerprint density at radius 3 is 2.62 bits per heavy atom. The van der Waals surface area contributed by atoms with Gasteiger partial charge in [-0.25, -0.2) is 14.5 Å². The summed E-state index contributed by atoms with van der Waals surface area (Å²) in [6, 6.07) is 11.7. The van der Waals surface area contributed by atoms with Crippen LogP contribution in [0, 0.1) is 6.92 Å². The number of pyridine rings is 1. The van der Waals surface area contributed by atoms with Crippen molar-refractivity contribution in [2.45, 2.75) is 6.92 Å². The third kappa shape index (κ3) is 3.25. The van der Waals surface area contributed by atoms with Crippen LogP contribution in [-0.4, -0.2) is 32.7 Å². The molecule has 4 rings (SSSR count). The summed E-state index contributed by atoms with van der Waals surface area (Å²) >= 11 is 12.0. The molecule has 0 spiro atoms. The lowest BCUT2D eigenvalue weighted by Gasteiger charge is -2.11. The van der Waals surface area contributed by atoms with Crippen LogP contribution in [0.5, 0.6) is 0 Å². The number of nitrogens with zero attached hydrogens (tertiary/aromatic N) is 4. The summed E-state index contributed by atoms with van der Waals surface area (Å²) in [5.74, 6) is 1.43. The maximum atomic E-state index is 6.12. The Morgan fingerprint density at radius 2 is 1.81 bits per heavy atom. The van der Waals surface area contributed by atoms with E-state index >= 15 is 0 Å². The van der Waals surface area contributed by atoms with Crippen LogP contribution < -0.4 is 10.6 Å². The first-order chi connectivity index (χ1) is 12.6. The Bertz CT molecular complexity index is 1090. The molecule has 1 aromatic carbocycles. The van der Waals surface area contributed by atoms with E-state index in [9.17, 15) is 0 Å². The molecule has 3 heterocycles. The predicted octanol–water partition coefficient (Wildman–Crippen LogP) is 4.42. The number of hydrogen-bond donors (Lipinski definition) is 2. The van der Waals surface area contributed by atoms with Crippen molar-refractivity contribution in [3.8, 4) is 0 Å². The first-order valence-electron chi connectivity index (χ1n) is 8.16. The van der Waals surface area contributed by atoms with Crippen LogP contribution in [0.4, 0.5) is 11.6 Å². The van der Waals surface area contributed by atoms with Gasteiger partial charge in [0, 0.05) is 30.7 Å². The SMILES string of the molecule is Cc1cc2nc(NCCNc3ncc(Cl)cc3Cl)c3ccccc3n2n1. The molecular weight excluding hydrogens is 371 g/mol. The number of anilines is 2. The standard InChI is InChI=1S/C18H16Cl2N6/c1-11-8-16-24-17(13-4-2-3-5-15(13)26(16)25-11)21-6-7-22-18-14(20)9-12(19)10-23-18/h2-5,8-10H,6-7H2,1H3,(H,21,24)(H,22,23). The van der Waals surface area contributed by atoms with Crippen LogP contribution in [-0.2, 0) is 0 Å². The van der Waals surface area contributed by atoms with E-state index in [2.05, 4.69) is 20.7 Å². The normalized spacial score (nSPS) is 11.2. The first kappa shape index (κ1) is 16.9. The first-order valence-corrected chi connectivity index (χ1v) is 8.91. The van der Waals surface area contributed by atoms with Gasteiger partial charge in [0.05, 0.1) is 21.3 Å². The van der Waals surface area contributed by atoms with Gasteiger partial charge < -0.3 is 10.6 Å². The second-order valence-corrected chi connectivity index (χ2v) is 6.71. The molecule has 0 radical (unpaired) electrons. The van der Waals surface area contributed by atoms with E-state index in [1.54, 1.807) is 12.3 Å². The number of rotatable bonds is 5. The second-order valence-electron chi connectivity index (χ2n) is 5.87. The maximum Gasteiger partial charge on any atom is 0.158 e. The van der Waals surface area contributed by atoms with Crippen LogP contribution >= 0.6 is 23.2 Å². The van der Waals surface area contributed by atoms with Crippen molar-refractivity contribution in [2.75, 3.05) is 23.7 Å². The molecule has 0 saturated carbocycles. The van der Waals surface area contributed by atoms with Crippen molar-refractivity contribution < 1.29 is 0 Å². The Balaban J connectivity index is 1.53. The zero-order chi connectivity index (χ0) is 18.1. The van der Waals surface area contributed by atoms with Crippen molar-refractivity contribution in [3.05, 3.63) is 58.3 Å². The molecule has 4 aromatic rings. The number of hydrogen-bond acceptors (Lipinski definition) is 5. The highest BCUT2D eigenvalue weighted by atomic mass is 35.5. The zero-order valence-corrected chi connectivity index (χ0v) is 15.5. The van der Waals surface area contributed by atoms with Crippen molar-refractivity contribution in [2.24, 2.45) is 0 Å². The Labute approximate surface area is 160 Å². The van der Waals surface area contributed by atoms with Gasteiger partial charge in [-0.1, -0.05) is 35.3 Å². The number of aromatic nitrogens is 4. The van der Waals surface area contributed by atoms with Crippen LogP contribution in [0.1, 0.15) is 5.69 Å². The molecular formula is C18H16Cl2N6. The summed E-state index contributed by atoms with van der Waals surface area (Å²) in [5, 5.41) is 13.1. The number of nitrogens with one attached hydrogen (secondary N) is 2. The number of aryl methyl sites for hydroxylation is 1. The molecule has 0 bridgehead atoms. The van der Waals surface area contributed by atoms with Crippen molar-refractivity contribution in [1.82, 2.24) is 19.6 Å². The molecule has 26 heavy (non-hydrogen) atoms. The van der Waals surface area contributed by atoms with E-state index in [4.69, 9.17) is 28.2 Å². The molecule has 0 fully saturated rings. The van der Waals surface area contributed by atoms with Crippen molar-refractivity contribution in [1.29, 1.82) is 0 Å². The summed E-state index contributed by atoms with van der Waals surface area (Å²) < 4.78 is 1.87. The monoisotopic (exact) mass is 386 g/mol. The Morgan fingerprint density at radius 1 is 1.04 bits per heavy atom. The predicted molar refractivity (Wildman–Crippen MR) is 106 cm³/mol. The van der Waals surface area contributed by atoms with Crippen LogP contribution in [0.3, 0.4) is 0 Å². The van der Waals surface area contributed by atoms with E-state index in [0.717, 1.165) is 28.1 Å². The highest BCUT2D eigenvalue weighted by molar-refractivity contribution is 6.35. The molecule has 6 nitrogen and oxygen atoms in total. The van der Waals surface area contributed by atoms with Gasteiger partial charge in [0.15, 0.2) is 5.65 Å². The summed E-state index contributed by atoms with van der Waals surface area (Å²) in [7, 11) is 0. The lowest BCUT2D eigenvalue weighted by molar-refractivity contribution is 0.953. The van der Waals surface area contributed by atoms with Gasteiger partial charge in [-0.15, -0.1) is 0 Å². The Hall–Kier alpha value is -2.57. The second kappa shape index (κ2) is 6.97. The highest BCUT2D eigenvalue weighted by Crippen LogP contribution is 2.24. The van der Waals surface area contributed by atoms with Crippen molar-refractivity contribution in [3.63, 3.8) is 0 Å². The number of para-hydroxylation sites is 1. The smallest absolute Gasteiger partial charge is 0.158 e. The molecule has 0 amide bonds. The van der Waals surface area contributed by atoms with Gasteiger partial charge in [0.2, 0.25) is 0 Å². The number of fused-ring (bicyclic) bond motifs is 3. The van der Waals surface area contributed by atoms with E-state index in [1.165, 1.54) is 0 Å². The Kier molecular flexibility index (Phi) is 4.53. The molecule has 0 aliphatic rings. The average molecular weight is 387 g/mol. The summed E-state index contributed by atoms with van der Waals surface area (Å²) in [5.41, 5.74) is 2.77. The fraction of sp³-hybridized carbons (Fsp3) is 0.167. The topological polar surface area (TPSA) is 67.1 Å². The average Bonchev–Trinajstić information content (AvgIpc) is 3.00. The molecule has 0 saturated heterocycles. The lowest BCUT2D eigenvalue weighted by atomic mass is 10.2. The van der Waals surface area contributed by atoms with E-state index in [-0.39, 0.29) is 0 Å². The molecule has 3 aromatic heterocycles. The third-order valence-corrected chi connectivity index (χ3v) is 4.44. The molecule has 8 heteroatoms. The molecule has 0 aliphatic carbocycles. The molecule has 2 N–H and O–H groups in total. The molecule has 0 aliphatic heterocycles. The van der Waals surface area contributed by atoms with Gasteiger partial charge in [0.25, 0.3) is 0 Å². The zero-order valence-electron chi connectivity index (χ0n) is 14.0. The minimum absolute atomic E-state index is 0.497. The van der Waals surface area contributed by atoms with E-state index in [1.807, 2.05) is 41.8 Å². The minimum atomic E-state index is 0.497. The van der Waals surface area contributed by atoms with Gasteiger partial charge in [-0.3, -0.25) is 0 Å². The number of halogens is 2. The van der Waals surface area contributed by atoms with E-state index < -0.39 is 0 Å². The fourth-order valence-electron chi connectivity index (χ4n) is 2.82. The lowest BCUT2D eigenvalue weighted by Crippen LogP contribution is -2.15. The van der Waals surface area contributed by atoms with Crippen LogP contribution in [0.2, 0.25) is 10.0 Å². The van der Waals surface area contributed by atoms with Gasteiger partial charge >= 0.3 is 0 Å². The summed E-state index contributed by atoms with van der Waals surface area (Å²) in [6.45, 7) is 3.25. The van der Waals surface area contributed by atoms with Crippen LogP contribution in [0.15, 0.2) is 42.6 Å². The number of benzene rings is 1. The maximum absolute atomic E-state index is 6.12. The summed E-state index contributed by atoms with van der Waals surface area (Å²) in [6.07, 6.45) is 1.56. The van der Waals surface area contributed by atoms with Crippen molar-refractivity contribution >= 4 is 51.4 Å². The third-order valence-electron chi connectivity index (χ3n) is 3.94. The molecule has 0 unspecified atom stereocenters. The van der Waals surface area contributed by atoms with Gasteiger partial charge in [-0.05, 0) is 25.1 Å². The highest BCUT2D eigenvalue weighted by Gasteiger charge is 2.09.